The first-order valence-corrected chi connectivity index (χ1v) is 22.2. The van der Waals surface area contributed by atoms with E-state index in [0.717, 1.165) is 112 Å². The Morgan fingerprint density at radius 1 is 0.782 bits per heavy atom. The summed E-state index contributed by atoms with van der Waals surface area (Å²) in [4.78, 5) is 2.04. The van der Waals surface area contributed by atoms with Crippen LogP contribution >= 0.6 is 11.6 Å². The number of quaternary nitrogens is 2. The third-order valence-corrected chi connectivity index (χ3v) is 13.3. The third-order valence-electron chi connectivity index (χ3n) is 11.1. The molecule has 0 fully saturated rings. The number of halogens is 1. The van der Waals surface area contributed by atoms with Gasteiger partial charge in [-0.15, -0.1) is 0 Å². The van der Waals surface area contributed by atoms with Gasteiger partial charge in [0, 0.05) is 52.5 Å². The minimum Gasteiger partial charge on any atom is -0.344 e. The van der Waals surface area contributed by atoms with Crippen LogP contribution < -0.4 is 4.90 Å². The molecule has 3 aliphatic rings. The molecular weight excluding hydrogens is 756 g/mol. The molecule has 0 unspecified atom stereocenters. The third kappa shape index (κ3) is 9.55. The van der Waals surface area contributed by atoms with E-state index >= 15 is 0 Å². The molecule has 13 heteroatoms. The highest BCUT2D eigenvalue weighted by atomic mass is 35.5. The van der Waals surface area contributed by atoms with Crippen LogP contribution in [0, 0.1) is 0 Å². The molecule has 2 aromatic rings. The Morgan fingerprint density at radius 3 is 1.96 bits per heavy atom. The SMILES string of the molecule is CC1(C)C(/C=C/C2=C(Cl)C(=C/C=C3/N(CCC[N+](C)(C)C)c4ccc(S(=O)(=O)O)cc4C3(C)C)/CCC2)=[N+](CCC[N+](C)(C)C)c2ccc(S(=O)(=O)O)cc21. The Balaban J connectivity index is 1.53. The van der Waals surface area contributed by atoms with E-state index < -0.39 is 31.1 Å². The molecule has 0 atom stereocenters. The van der Waals surface area contributed by atoms with E-state index in [-0.39, 0.29) is 9.79 Å². The molecule has 2 N–H and O–H groups in total. The lowest BCUT2D eigenvalue weighted by molar-refractivity contribution is -0.871. The number of benzene rings is 2. The van der Waals surface area contributed by atoms with Crippen molar-refractivity contribution in [1.82, 2.24) is 0 Å². The van der Waals surface area contributed by atoms with Crippen molar-refractivity contribution in [1.29, 1.82) is 0 Å². The second-order valence-electron chi connectivity index (χ2n) is 18.3. The van der Waals surface area contributed by atoms with E-state index in [1.165, 1.54) is 12.1 Å². The maximum atomic E-state index is 12.1. The molecule has 0 saturated heterocycles. The number of rotatable bonds is 13. The van der Waals surface area contributed by atoms with Crippen LogP contribution in [0.15, 0.2) is 92.4 Å². The second-order valence-corrected chi connectivity index (χ2v) is 21.5. The quantitative estimate of drug-likeness (QED) is 0.122. The van der Waals surface area contributed by atoms with Gasteiger partial charge in [0.1, 0.15) is 0 Å². The summed E-state index contributed by atoms with van der Waals surface area (Å²) in [6.45, 7) is 11.8. The Labute approximate surface area is 334 Å². The summed E-state index contributed by atoms with van der Waals surface area (Å²) < 4.78 is 72.1. The van der Waals surface area contributed by atoms with Gasteiger partial charge in [-0.3, -0.25) is 9.11 Å². The zero-order valence-electron chi connectivity index (χ0n) is 34.1. The number of allylic oxidation sites excluding steroid dienone is 8. The highest BCUT2D eigenvalue weighted by Crippen LogP contribution is 2.49. The largest absolute Gasteiger partial charge is 0.344 e. The zero-order chi connectivity index (χ0) is 40.9. The van der Waals surface area contributed by atoms with Crippen molar-refractivity contribution in [3.05, 3.63) is 93.7 Å². The highest BCUT2D eigenvalue weighted by molar-refractivity contribution is 7.86. The lowest BCUT2D eigenvalue weighted by atomic mass is 9.81. The molecular formula is C42H60ClN4O6S2+3. The number of anilines is 1. The topological polar surface area (TPSA) is 115 Å². The van der Waals surface area contributed by atoms with Crippen molar-refractivity contribution in [2.75, 3.05) is 73.4 Å². The van der Waals surface area contributed by atoms with E-state index in [1.807, 2.05) is 0 Å². The maximum Gasteiger partial charge on any atom is 0.294 e. The Morgan fingerprint density at radius 2 is 1.36 bits per heavy atom. The predicted octanol–water partition coefficient (Wildman–Crippen LogP) is 7.59. The van der Waals surface area contributed by atoms with Crippen molar-refractivity contribution in [3.63, 3.8) is 0 Å². The van der Waals surface area contributed by atoms with E-state index in [1.54, 1.807) is 24.3 Å². The van der Waals surface area contributed by atoms with Crippen LogP contribution in [0.4, 0.5) is 11.4 Å². The number of nitrogens with zero attached hydrogens (tertiary/aromatic N) is 4. The van der Waals surface area contributed by atoms with E-state index in [4.69, 9.17) is 11.6 Å². The Kier molecular flexibility index (Phi) is 12.0. The maximum absolute atomic E-state index is 12.1. The minimum atomic E-state index is -4.37. The summed E-state index contributed by atoms with van der Waals surface area (Å²) in [6, 6.07) is 9.73. The van der Waals surface area contributed by atoms with Crippen molar-refractivity contribution in [3.8, 4) is 0 Å². The molecule has 0 radical (unpaired) electrons. The Hall–Kier alpha value is -3.10. The van der Waals surface area contributed by atoms with Crippen LogP contribution in [0.1, 0.15) is 70.9 Å². The summed E-state index contributed by atoms with van der Waals surface area (Å²) >= 11 is 7.22. The van der Waals surface area contributed by atoms with Crippen LogP contribution in [0.25, 0.3) is 0 Å². The molecule has 0 aromatic heterocycles. The molecule has 2 aromatic carbocycles. The normalized spacial score (nSPS) is 20.3. The van der Waals surface area contributed by atoms with Gasteiger partial charge in [0.2, 0.25) is 5.69 Å². The Bertz CT molecular complexity index is 2240. The van der Waals surface area contributed by atoms with Crippen LogP contribution in [0.5, 0.6) is 0 Å². The average Bonchev–Trinajstić information content (AvgIpc) is 3.39. The summed E-state index contributed by atoms with van der Waals surface area (Å²) in [5.74, 6) is 0. The summed E-state index contributed by atoms with van der Waals surface area (Å²) in [6.07, 6.45) is 12.8. The van der Waals surface area contributed by atoms with Crippen LogP contribution in [0.2, 0.25) is 0 Å². The lowest BCUT2D eigenvalue weighted by Crippen LogP contribution is -2.37. The first-order valence-electron chi connectivity index (χ1n) is 19.0. The fraction of sp³-hybridized carbons (Fsp3) is 0.500. The molecule has 5 rings (SSSR count). The molecule has 0 amide bonds. The fourth-order valence-corrected chi connectivity index (χ4v) is 9.41. The standard InChI is InChI=1S/C42H58ClN4O6S2/c1-41(2)34-28-32(54(48,49)50)18-20-36(34)44(24-12-26-46(5,6)7)38(41)22-16-30-14-11-15-31(40(30)43)17-23-39-42(3,4)35-29-33(55(51,52)53)19-21-37(35)45(39)25-13-27-47(8,9)10/h16-23,28-29H,11-15,24-27H2,1-10H3/q+1/p+2. The van der Waals surface area contributed by atoms with Gasteiger partial charge in [0.05, 0.1) is 77.0 Å². The molecule has 10 nitrogen and oxygen atoms in total. The van der Waals surface area contributed by atoms with Gasteiger partial charge in [-0.1, -0.05) is 37.6 Å². The van der Waals surface area contributed by atoms with E-state index in [9.17, 15) is 25.9 Å². The zero-order valence-corrected chi connectivity index (χ0v) is 36.5. The highest BCUT2D eigenvalue weighted by Gasteiger charge is 2.45. The molecule has 0 saturated carbocycles. The van der Waals surface area contributed by atoms with Crippen molar-refractivity contribution in [2.45, 2.75) is 80.4 Å². The van der Waals surface area contributed by atoms with Crippen molar-refractivity contribution >= 4 is 48.9 Å². The molecule has 1 aliphatic carbocycles. The number of hydrogen-bond acceptors (Lipinski definition) is 5. The predicted molar refractivity (Wildman–Crippen MR) is 223 cm³/mol. The molecule has 2 aliphatic heterocycles. The first-order chi connectivity index (χ1) is 25.2. The monoisotopic (exact) mass is 815 g/mol. The fourth-order valence-electron chi connectivity index (χ4n) is 8.09. The molecule has 0 spiro atoms. The molecule has 55 heavy (non-hydrogen) atoms. The van der Waals surface area contributed by atoms with Crippen LogP contribution in [0.3, 0.4) is 0 Å². The van der Waals surface area contributed by atoms with E-state index in [0.29, 0.717) is 5.03 Å². The van der Waals surface area contributed by atoms with Crippen molar-refractivity contribution < 1.29 is 39.5 Å². The van der Waals surface area contributed by atoms with Gasteiger partial charge < -0.3 is 13.9 Å². The summed E-state index contributed by atoms with van der Waals surface area (Å²) in [5, 5.41) is 0.706. The van der Waals surface area contributed by atoms with Crippen molar-refractivity contribution in [2.24, 2.45) is 0 Å². The average molecular weight is 817 g/mol. The first kappa shape index (κ1) is 43.0. The molecule has 0 bridgehead atoms. The summed E-state index contributed by atoms with van der Waals surface area (Å²) in [5.41, 5.74) is 6.59. The van der Waals surface area contributed by atoms with Gasteiger partial charge in [-0.25, -0.2) is 0 Å². The molecule has 300 valence electrons. The smallest absolute Gasteiger partial charge is 0.294 e. The van der Waals surface area contributed by atoms with Gasteiger partial charge in [0.15, 0.2) is 12.3 Å². The number of fused-ring (bicyclic) bond motifs is 2. The minimum absolute atomic E-state index is 0.114. The van der Waals surface area contributed by atoms with Crippen LogP contribution in [-0.2, 0) is 31.1 Å². The van der Waals surface area contributed by atoms with Crippen LogP contribution in [-0.4, -0.2) is 114 Å². The van der Waals surface area contributed by atoms with Gasteiger partial charge in [0.25, 0.3) is 20.2 Å². The van der Waals surface area contributed by atoms with Gasteiger partial charge >= 0.3 is 0 Å². The van der Waals surface area contributed by atoms with Gasteiger partial charge in [-0.05, 0) is 86.2 Å². The molecule has 2 heterocycles. The lowest BCUT2D eigenvalue weighted by Gasteiger charge is -2.29. The second kappa shape index (κ2) is 15.3. The van der Waals surface area contributed by atoms with E-state index in [2.05, 4.69) is 104 Å². The van der Waals surface area contributed by atoms with Gasteiger partial charge in [-0.2, -0.15) is 21.4 Å². The summed E-state index contributed by atoms with van der Waals surface area (Å²) in [7, 11) is 4.26. The number of hydrogen-bond donors (Lipinski definition) is 2.